The van der Waals surface area contributed by atoms with E-state index >= 15 is 0 Å². The van der Waals surface area contributed by atoms with E-state index in [0.717, 1.165) is 11.3 Å². The smallest absolute Gasteiger partial charge is 0.251 e. The Bertz CT molecular complexity index is 407. The Morgan fingerprint density at radius 3 is 2.78 bits per heavy atom. The predicted molar refractivity (Wildman–Crippen MR) is 72.4 cm³/mol. The molecule has 0 saturated heterocycles. The Morgan fingerprint density at radius 1 is 1.50 bits per heavy atom. The maximum atomic E-state index is 12.0. The van der Waals surface area contributed by atoms with Gasteiger partial charge in [0.15, 0.2) is 0 Å². The highest BCUT2D eigenvalue weighted by Gasteiger charge is 2.10. The number of hydrazine groups is 1. The Balaban J connectivity index is 2.61. The van der Waals surface area contributed by atoms with Crippen molar-refractivity contribution in [2.24, 2.45) is 11.8 Å². The topological polar surface area (TPSA) is 76.4 Å². The second-order valence-electron chi connectivity index (χ2n) is 4.44. The van der Waals surface area contributed by atoms with Crippen LogP contribution in [-0.4, -0.2) is 26.2 Å². The van der Waals surface area contributed by atoms with E-state index in [2.05, 4.69) is 10.7 Å². The van der Waals surface area contributed by atoms with Gasteiger partial charge in [-0.3, -0.25) is 10.6 Å². The van der Waals surface area contributed by atoms with E-state index in [9.17, 15) is 4.79 Å². The largest absolute Gasteiger partial charge is 0.384 e. The number of amides is 1. The zero-order valence-corrected chi connectivity index (χ0v) is 11.1. The Kier molecular flexibility index (Phi) is 5.61. The molecule has 0 spiro atoms. The molecule has 0 fully saturated rings. The van der Waals surface area contributed by atoms with Crippen molar-refractivity contribution in [3.05, 3.63) is 29.3 Å². The molecule has 18 heavy (non-hydrogen) atoms. The van der Waals surface area contributed by atoms with Gasteiger partial charge < -0.3 is 15.5 Å². The molecule has 0 aromatic heterocycles. The number of nitrogen functional groups attached to an aromatic ring is 1. The van der Waals surface area contributed by atoms with Crippen LogP contribution in [0.3, 0.4) is 0 Å². The van der Waals surface area contributed by atoms with Crippen LogP contribution in [0.25, 0.3) is 0 Å². The molecular weight excluding hydrogens is 230 g/mol. The summed E-state index contributed by atoms with van der Waals surface area (Å²) >= 11 is 0. The fourth-order valence-corrected chi connectivity index (χ4v) is 1.71. The molecule has 0 heterocycles. The monoisotopic (exact) mass is 251 g/mol. The summed E-state index contributed by atoms with van der Waals surface area (Å²) < 4.78 is 5.02. The molecule has 0 aliphatic heterocycles. The third-order valence-electron chi connectivity index (χ3n) is 2.70. The van der Waals surface area contributed by atoms with Gasteiger partial charge in [0.1, 0.15) is 0 Å². The van der Waals surface area contributed by atoms with Crippen molar-refractivity contribution in [1.82, 2.24) is 5.32 Å². The van der Waals surface area contributed by atoms with Gasteiger partial charge in [0.2, 0.25) is 0 Å². The first-order chi connectivity index (χ1) is 8.58. The highest BCUT2D eigenvalue weighted by atomic mass is 16.5. The molecule has 5 heteroatoms. The zero-order chi connectivity index (χ0) is 13.5. The average molecular weight is 251 g/mol. The van der Waals surface area contributed by atoms with Crippen molar-refractivity contribution < 1.29 is 9.53 Å². The predicted octanol–water partition coefficient (Wildman–Crippen LogP) is 1.29. The van der Waals surface area contributed by atoms with Crippen molar-refractivity contribution in [1.29, 1.82) is 0 Å². The van der Waals surface area contributed by atoms with Gasteiger partial charge >= 0.3 is 0 Å². The van der Waals surface area contributed by atoms with Crippen LogP contribution < -0.4 is 16.6 Å². The normalized spacial score (nSPS) is 12.0. The number of carbonyl (C=O) groups is 1. The lowest BCUT2D eigenvalue weighted by Gasteiger charge is -2.13. The molecule has 0 aliphatic rings. The minimum absolute atomic E-state index is 0.0703. The van der Waals surface area contributed by atoms with E-state index in [1.807, 2.05) is 19.9 Å². The molecule has 0 saturated carbocycles. The maximum Gasteiger partial charge on any atom is 0.251 e. The van der Waals surface area contributed by atoms with Crippen LogP contribution in [0.1, 0.15) is 22.8 Å². The molecule has 0 radical (unpaired) electrons. The summed E-state index contributed by atoms with van der Waals surface area (Å²) in [6.45, 7) is 5.14. The number of methoxy groups -OCH3 is 1. The molecule has 1 atom stereocenters. The lowest BCUT2D eigenvalue weighted by Crippen LogP contribution is -2.30. The van der Waals surface area contributed by atoms with Gasteiger partial charge in [-0.05, 0) is 36.6 Å². The lowest BCUT2D eigenvalue weighted by atomic mass is 10.1. The van der Waals surface area contributed by atoms with Gasteiger partial charge in [0, 0.05) is 24.9 Å². The summed E-state index contributed by atoms with van der Waals surface area (Å²) in [5.41, 5.74) is 4.90. The minimum atomic E-state index is -0.0703. The van der Waals surface area contributed by atoms with Crippen LogP contribution in [0.5, 0.6) is 0 Å². The van der Waals surface area contributed by atoms with Crippen molar-refractivity contribution in [2.75, 3.05) is 25.7 Å². The van der Waals surface area contributed by atoms with Gasteiger partial charge in [-0.15, -0.1) is 0 Å². The first-order valence-electron chi connectivity index (χ1n) is 5.93. The molecule has 1 amide bonds. The van der Waals surface area contributed by atoms with Gasteiger partial charge in [-0.25, -0.2) is 0 Å². The molecular formula is C13H21N3O2. The number of rotatable bonds is 6. The second-order valence-corrected chi connectivity index (χ2v) is 4.44. The molecule has 4 N–H and O–H groups in total. The lowest BCUT2D eigenvalue weighted by molar-refractivity contribution is 0.0933. The van der Waals surface area contributed by atoms with E-state index in [4.69, 9.17) is 10.6 Å². The van der Waals surface area contributed by atoms with Gasteiger partial charge in [-0.1, -0.05) is 6.92 Å². The number of nitrogens with two attached hydrogens (primary N) is 1. The first kappa shape index (κ1) is 14.5. The van der Waals surface area contributed by atoms with E-state index < -0.39 is 0 Å². The molecule has 1 aromatic rings. The number of aryl methyl sites for hydroxylation is 1. The number of hydrogen-bond donors (Lipinski definition) is 3. The molecule has 1 rings (SSSR count). The van der Waals surface area contributed by atoms with Crippen molar-refractivity contribution >= 4 is 11.6 Å². The highest BCUT2D eigenvalue weighted by Crippen LogP contribution is 2.14. The number of hydrogen-bond acceptors (Lipinski definition) is 4. The fourth-order valence-electron chi connectivity index (χ4n) is 1.71. The quantitative estimate of drug-likeness (QED) is 0.526. The van der Waals surface area contributed by atoms with Crippen LogP contribution in [0.2, 0.25) is 0 Å². The van der Waals surface area contributed by atoms with Crippen LogP contribution in [-0.2, 0) is 4.74 Å². The number of carbonyl (C=O) groups excluding carboxylic acids is 1. The number of benzene rings is 1. The van der Waals surface area contributed by atoms with E-state index in [1.165, 1.54) is 0 Å². The summed E-state index contributed by atoms with van der Waals surface area (Å²) in [5.74, 6) is 5.54. The number of anilines is 1. The summed E-state index contributed by atoms with van der Waals surface area (Å²) in [6.07, 6.45) is 0. The number of ether oxygens (including phenoxy) is 1. The maximum absolute atomic E-state index is 12.0. The molecule has 1 unspecified atom stereocenters. The second kappa shape index (κ2) is 6.98. The van der Waals surface area contributed by atoms with E-state index in [0.29, 0.717) is 24.6 Å². The fraction of sp³-hybridized carbons (Fsp3) is 0.462. The Morgan fingerprint density at radius 2 is 2.22 bits per heavy atom. The van der Waals surface area contributed by atoms with E-state index in [1.54, 1.807) is 19.2 Å². The van der Waals surface area contributed by atoms with Crippen LogP contribution in [0.4, 0.5) is 5.69 Å². The van der Waals surface area contributed by atoms with Crippen molar-refractivity contribution in [2.45, 2.75) is 13.8 Å². The van der Waals surface area contributed by atoms with Crippen LogP contribution in [0, 0.1) is 12.8 Å². The molecule has 1 aromatic carbocycles. The molecule has 0 bridgehead atoms. The summed E-state index contributed by atoms with van der Waals surface area (Å²) in [5, 5.41) is 2.89. The molecule has 5 nitrogen and oxygen atoms in total. The Labute approximate surface area is 108 Å². The third-order valence-corrected chi connectivity index (χ3v) is 2.70. The molecule has 100 valence electrons. The zero-order valence-electron chi connectivity index (χ0n) is 11.1. The van der Waals surface area contributed by atoms with Gasteiger partial charge in [0.25, 0.3) is 5.91 Å². The average Bonchev–Trinajstić information content (AvgIpc) is 2.36. The van der Waals surface area contributed by atoms with Crippen molar-refractivity contribution in [3.63, 3.8) is 0 Å². The highest BCUT2D eigenvalue weighted by molar-refractivity contribution is 5.96. The third kappa shape index (κ3) is 4.01. The first-order valence-corrected chi connectivity index (χ1v) is 5.93. The van der Waals surface area contributed by atoms with Gasteiger partial charge in [-0.2, -0.15) is 0 Å². The summed E-state index contributed by atoms with van der Waals surface area (Å²) in [6, 6.07) is 5.38. The summed E-state index contributed by atoms with van der Waals surface area (Å²) in [7, 11) is 1.65. The number of nitrogens with one attached hydrogen (secondary N) is 2. The van der Waals surface area contributed by atoms with Crippen molar-refractivity contribution in [3.8, 4) is 0 Å². The van der Waals surface area contributed by atoms with Crippen LogP contribution in [0.15, 0.2) is 18.2 Å². The molecule has 0 aliphatic carbocycles. The minimum Gasteiger partial charge on any atom is -0.384 e. The van der Waals surface area contributed by atoms with Crippen LogP contribution >= 0.6 is 0 Å². The van der Waals surface area contributed by atoms with Gasteiger partial charge in [0.05, 0.1) is 6.61 Å². The Hall–Kier alpha value is -1.59. The summed E-state index contributed by atoms with van der Waals surface area (Å²) in [4.78, 5) is 12.0. The SMILES string of the molecule is COCC(C)CNC(=O)c1ccc(NN)cc1C. The standard InChI is InChI=1S/C13H21N3O2/c1-9(8-18-3)7-15-13(17)12-5-4-11(16-14)6-10(12)2/h4-6,9,16H,7-8,14H2,1-3H3,(H,15,17). The van der Waals surface area contributed by atoms with E-state index in [-0.39, 0.29) is 5.91 Å².